The molecule has 2 rings (SSSR count). The van der Waals surface area contributed by atoms with Crippen LogP contribution in [0.2, 0.25) is 0 Å². The normalized spacial score (nSPS) is 20.1. The minimum atomic E-state index is -0.169. The zero-order chi connectivity index (χ0) is 15.2. The summed E-state index contributed by atoms with van der Waals surface area (Å²) in [5, 5.41) is 2.92. The number of hydrogen-bond acceptors (Lipinski definition) is 4. The van der Waals surface area contributed by atoms with Crippen molar-refractivity contribution in [2.45, 2.75) is 25.8 Å². The molecule has 116 valence electrons. The van der Waals surface area contributed by atoms with Crippen LogP contribution in [0.5, 0.6) is 0 Å². The Morgan fingerprint density at radius 2 is 2.38 bits per heavy atom. The second-order valence-electron chi connectivity index (χ2n) is 5.43. The van der Waals surface area contributed by atoms with Crippen LogP contribution in [0, 0.1) is 5.92 Å². The number of methoxy groups -OCH3 is 1. The zero-order valence-electron chi connectivity index (χ0n) is 12.5. The molecule has 0 unspecified atom stereocenters. The summed E-state index contributed by atoms with van der Waals surface area (Å²) in [5.41, 5.74) is 0. The number of rotatable bonds is 5. The van der Waals surface area contributed by atoms with Gasteiger partial charge in [0.15, 0.2) is 5.76 Å². The molecule has 1 fully saturated rings. The molecule has 21 heavy (non-hydrogen) atoms. The molecule has 1 aliphatic heterocycles. The summed E-state index contributed by atoms with van der Waals surface area (Å²) >= 11 is 0. The predicted octanol–water partition coefficient (Wildman–Crippen LogP) is 1.28. The highest BCUT2D eigenvalue weighted by Gasteiger charge is 2.30. The number of likely N-dealkylation sites (tertiary alicyclic amines) is 1. The zero-order valence-corrected chi connectivity index (χ0v) is 12.5. The number of ether oxygens (including phenoxy) is 1. The Kier molecular flexibility index (Phi) is 5.38. The molecule has 1 aliphatic rings. The van der Waals surface area contributed by atoms with E-state index in [2.05, 4.69) is 5.32 Å². The van der Waals surface area contributed by atoms with E-state index < -0.39 is 0 Å². The van der Waals surface area contributed by atoms with Crippen LogP contribution >= 0.6 is 0 Å². The molecule has 0 radical (unpaired) electrons. The van der Waals surface area contributed by atoms with Crippen molar-refractivity contribution in [2.24, 2.45) is 5.92 Å². The molecule has 2 atom stereocenters. The molecule has 2 heterocycles. The largest absolute Gasteiger partial charge is 0.459 e. The maximum Gasteiger partial charge on any atom is 0.289 e. The molecule has 6 nitrogen and oxygen atoms in total. The molecule has 1 saturated heterocycles. The van der Waals surface area contributed by atoms with Crippen molar-refractivity contribution < 1.29 is 18.7 Å². The number of hydrogen-bond donors (Lipinski definition) is 1. The lowest BCUT2D eigenvalue weighted by atomic mass is 9.96. The van der Waals surface area contributed by atoms with E-state index in [1.54, 1.807) is 24.1 Å². The summed E-state index contributed by atoms with van der Waals surface area (Å²) in [4.78, 5) is 26.1. The fourth-order valence-corrected chi connectivity index (χ4v) is 2.58. The first kappa shape index (κ1) is 15.6. The number of carbonyl (C=O) groups excluding carboxylic acids is 2. The van der Waals surface area contributed by atoms with Crippen molar-refractivity contribution in [2.75, 3.05) is 26.8 Å². The third-order valence-corrected chi connectivity index (χ3v) is 3.62. The van der Waals surface area contributed by atoms with E-state index in [0.29, 0.717) is 25.5 Å². The molecule has 0 spiro atoms. The van der Waals surface area contributed by atoms with Gasteiger partial charge in [-0.3, -0.25) is 9.59 Å². The molecular formula is C15H22N2O4. The van der Waals surface area contributed by atoms with Gasteiger partial charge in [0, 0.05) is 26.2 Å². The van der Waals surface area contributed by atoms with Gasteiger partial charge in [-0.05, 0) is 31.9 Å². The Morgan fingerprint density at radius 1 is 1.57 bits per heavy atom. The summed E-state index contributed by atoms with van der Waals surface area (Å²) < 4.78 is 10.1. The van der Waals surface area contributed by atoms with Crippen LogP contribution in [-0.2, 0) is 9.53 Å². The van der Waals surface area contributed by atoms with Gasteiger partial charge in [0.25, 0.3) is 5.91 Å². The van der Waals surface area contributed by atoms with Gasteiger partial charge in [-0.2, -0.15) is 0 Å². The molecule has 1 N–H and O–H groups in total. The summed E-state index contributed by atoms with van der Waals surface area (Å²) in [6, 6.07) is 3.30. The molecule has 0 saturated carbocycles. The van der Waals surface area contributed by atoms with E-state index >= 15 is 0 Å². The number of carbonyl (C=O) groups is 2. The predicted molar refractivity (Wildman–Crippen MR) is 76.8 cm³/mol. The average Bonchev–Trinajstić information content (AvgIpc) is 3.01. The number of nitrogens with zero attached hydrogens (tertiary/aromatic N) is 1. The van der Waals surface area contributed by atoms with Crippen LogP contribution in [0.4, 0.5) is 0 Å². The van der Waals surface area contributed by atoms with Crippen LogP contribution in [-0.4, -0.2) is 49.6 Å². The van der Waals surface area contributed by atoms with E-state index in [9.17, 15) is 9.59 Å². The van der Waals surface area contributed by atoms with E-state index in [1.807, 2.05) is 6.92 Å². The molecule has 0 aromatic carbocycles. The van der Waals surface area contributed by atoms with E-state index in [-0.39, 0.29) is 23.8 Å². The van der Waals surface area contributed by atoms with Gasteiger partial charge in [-0.25, -0.2) is 0 Å². The van der Waals surface area contributed by atoms with E-state index in [1.165, 1.54) is 6.26 Å². The van der Waals surface area contributed by atoms with Crippen LogP contribution in [0.15, 0.2) is 22.8 Å². The van der Waals surface area contributed by atoms with Gasteiger partial charge < -0.3 is 19.4 Å². The van der Waals surface area contributed by atoms with Crippen LogP contribution < -0.4 is 5.32 Å². The fraction of sp³-hybridized carbons (Fsp3) is 0.600. The molecule has 0 aliphatic carbocycles. The van der Waals surface area contributed by atoms with Crippen molar-refractivity contribution in [3.8, 4) is 0 Å². The Hall–Kier alpha value is -1.82. The lowest BCUT2D eigenvalue weighted by Gasteiger charge is -2.32. The van der Waals surface area contributed by atoms with Crippen molar-refractivity contribution in [1.82, 2.24) is 10.2 Å². The maximum atomic E-state index is 12.2. The van der Waals surface area contributed by atoms with Crippen LogP contribution in [0.1, 0.15) is 30.3 Å². The van der Waals surface area contributed by atoms with Gasteiger partial charge >= 0.3 is 0 Å². The second-order valence-corrected chi connectivity index (χ2v) is 5.43. The summed E-state index contributed by atoms with van der Waals surface area (Å²) in [5.74, 6) is -0.0142. The SMILES string of the molecule is COC[C@@H](C)NC(=O)[C@H]1CCCN(C(=O)c2ccco2)C1. The number of nitrogens with one attached hydrogen (secondary N) is 1. The molecule has 1 aromatic heterocycles. The molecular weight excluding hydrogens is 272 g/mol. The Morgan fingerprint density at radius 3 is 3.05 bits per heavy atom. The molecule has 6 heteroatoms. The number of piperidine rings is 1. The minimum Gasteiger partial charge on any atom is -0.459 e. The van der Waals surface area contributed by atoms with E-state index in [0.717, 1.165) is 12.8 Å². The quantitative estimate of drug-likeness (QED) is 0.888. The first-order valence-corrected chi connectivity index (χ1v) is 7.24. The standard InChI is InChI=1S/C15H22N2O4/c1-11(10-20-2)16-14(18)12-5-3-7-17(9-12)15(19)13-6-4-8-21-13/h4,6,8,11-12H,3,5,7,9-10H2,1-2H3,(H,16,18)/t11-,12+/m1/s1. The van der Waals surface area contributed by atoms with Crippen molar-refractivity contribution in [3.63, 3.8) is 0 Å². The lowest BCUT2D eigenvalue weighted by Crippen LogP contribution is -2.47. The maximum absolute atomic E-state index is 12.2. The van der Waals surface area contributed by atoms with Crippen LogP contribution in [0.25, 0.3) is 0 Å². The van der Waals surface area contributed by atoms with Crippen molar-refractivity contribution in [1.29, 1.82) is 0 Å². The Balaban J connectivity index is 1.91. The highest BCUT2D eigenvalue weighted by atomic mass is 16.5. The average molecular weight is 294 g/mol. The van der Waals surface area contributed by atoms with E-state index in [4.69, 9.17) is 9.15 Å². The Labute approximate surface area is 124 Å². The van der Waals surface area contributed by atoms with Gasteiger partial charge in [0.05, 0.1) is 18.8 Å². The first-order valence-electron chi connectivity index (χ1n) is 7.24. The summed E-state index contributed by atoms with van der Waals surface area (Å²) in [6.07, 6.45) is 3.10. The minimum absolute atomic E-state index is 0.0171. The van der Waals surface area contributed by atoms with Crippen molar-refractivity contribution in [3.05, 3.63) is 24.2 Å². The lowest BCUT2D eigenvalue weighted by molar-refractivity contribution is -0.127. The summed E-state index contributed by atoms with van der Waals surface area (Å²) in [7, 11) is 1.60. The highest BCUT2D eigenvalue weighted by Crippen LogP contribution is 2.19. The van der Waals surface area contributed by atoms with Gasteiger partial charge in [-0.15, -0.1) is 0 Å². The highest BCUT2D eigenvalue weighted by molar-refractivity contribution is 5.92. The van der Waals surface area contributed by atoms with Gasteiger partial charge in [0.1, 0.15) is 0 Å². The number of amides is 2. The topological polar surface area (TPSA) is 71.8 Å². The number of furan rings is 1. The third kappa shape index (κ3) is 4.07. The third-order valence-electron chi connectivity index (χ3n) is 3.62. The second kappa shape index (κ2) is 7.26. The first-order chi connectivity index (χ1) is 10.1. The molecule has 2 amide bonds. The van der Waals surface area contributed by atoms with Crippen molar-refractivity contribution >= 4 is 11.8 Å². The van der Waals surface area contributed by atoms with Gasteiger partial charge in [-0.1, -0.05) is 0 Å². The molecule has 1 aromatic rings. The monoisotopic (exact) mass is 294 g/mol. The Bertz CT molecular complexity index is 472. The fourth-order valence-electron chi connectivity index (χ4n) is 2.58. The van der Waals surface area contributed by atoms with Gasteiger partial charge in [0.2, 0.25) is 5.91 Å². The smallest absolute Gasteiger partial charge is 0.289 e. The van der Waals surface area contributed by atoms with Crippen LogP contribution in [0.3, 0.4) is 0 Å². The molecule has 0 bridgehead atoms. The summed E-state index contributed by atoms with van der Waals surface area (Å²) in [6.45, 7) is 3.48.